The highest BCUT2D eigenvalue weighted by molar-refractivity contribution is 6.05. The Morgan fingerprint density at radius 3 is 2.38 bits per heavy atom. The van der Waals surface area contributed by atoms with Crippen LogP contribution in [-0.4, -0.2) is 19.9 Å². The molecular weight excluding hydrogens is 396 g/mol. The first-order valence-electron chi connectivity index (χ1n) is 11.3. The van der Waals surface area contributed by atoms with Gasteiger partial charge < -0.3 is 14.7 Å². The van der Waals surface area contributed by atoms with Crippen molar-refractivity contribution in [1.29, 1.82) is 0 Å². The average Bonchev–Trinajstić information content (AvgIpc) is 3.43. The summed E-state index contributed by atoms with van der Waals surface area (Å²) >= 11 is 0. The number of hydrogen-bond donors (Lipinski definition) is 2. The van der Waals surface area contributed by atoms with Crippen molar-refractivity contribution in [2.45, 2.75) is 46.1 Å². The van der Waals surface area contributed by atoms with Gasteiger partial charge in [-0.1, -0.05) is 52.0 Å². The third-order valence-corrected chi connectivity index (χ3v) is 6.32. The molecule has 1 aliphatic rings. The minimum absolute atomic E-state index is 0.360. The number of H-pyrrole nitrogens is 2. The fourth-order valence-electron chi connectivity index (χ4n) is 4.47. The van der Waals surface area contributed by atoms with Gasteiger partial charge in [0.1, 0.15) is 24.0 Å². The summed E-state index contributed by atoms with van der Waals surface area (Å²) in [7, 11) is 0. The molecular formula is C27H26N4O. The summed E-state index contributed by atoms with van der Waals surface area (Å²) in [4.78, 5) is 16.6. The number of nitrogens with one attached hydrogen (secondary N) is 2. The van der Waals surface area contributed by atoms with Crippen LogP contribution in [0.4, 0.5) is 0 Å². The standard InChI is InChI=1S/C27H26N4O/c1-14(2)26-28-21-10-7-18-11-16(5-8-19(18)24(21)30-26)17-6-9-20-23(12-17)32-13-22-25(20)31-27(29-22)15(3)4/h5-12,14-15H,13H2,1-4H3,(H,28,30)(H,29,31). The van der Waals surface area contributed by atoms with Crippen molar-refractivity contribution < 1.29 is 4.74 Å². The van der Waals surface area contributed by atoms with Gasteiger partial charge in [0.05, 0.1) is 22.4 Å². The van der Waals surface area contributed by atoms with Crippen LogP contribution >= 0.6 is 0 Å². The summed E-state index contributed by atoms with van der Waals surface area (Å²) in [6, 6.07) is 17.3. The van der Waals surface area contributed by atoms with E-state index >= 15 is 0 Å². The van der Waals surface area contributed by atoms with E-state index in [0.717, 1.165) is 50.9 Å². The maximum Gasteiger partial charge on any atom is 0.130 e. The van der Waals surface area contributed by atoms with E-state index in [-0.39, 0.29) is 0 Å². The quantitative estimate of drug-likeness (QED) is 0.332. The normalized spacial score (nSPS) is 13.1. The molecule has 0 fully saturated rings. The van der Waals surface area contributed by atoms with Crippen molar-refractivity contribution >= 4 is 21.8 Å². The Morgan fingerprint density at radius 2 is 1.56 bits per heavy atom. The first-order chi connectivity index (χ1) is 15.5. The Bertz CT molecular complexity index is 1490. The summed E-state index contributed by atoms with van der Waals surface area (Å²) in [5, 5.41) is 2.36. The van der Waals surface area contributed by atoms with Crippen LogP contribution < -0.4 is 4.74 Å². The maximum absolute atomic E-state index is 6.09. The molecule has 0 spiro atoms. The monoisotopic (exact) mass is 422 g/mol. The lowest BCUT2D eigenvalue weighted by Gasteiger charge is -2.17. The minimum Gasteiger partial charge on any atom is -0.487 e. The summed E-state index contributed by atoms with van der Waals surface area (Å²) in [6.45, 7) is 9.14. The van der Waals surface area contributed by atoms with E-state index in [1.165, 1.54) is 16.3 Å². The maximum atomic E-state index is 6.09. The Morgan fingerprint density at radius 1 is 0.812 bits per heavy atom. The molecule has 0 saturated carbocycles. The molecule has 3 aromatic carbocycles. The van der Waals surface area contributed by atoms with Gasteiger partial charge in [-0.05, 0) is 40.8 Å². The van der Waals surface area contributed by atoms with Gasteiger partial charge in [-0.15, -0.1) is 0 Å². The summed E-state index contributed by atoms with van der Waals surface area (Å²) in [5.41, 5.74) is 7.56. The second kappa shape index (κ2) is 6.95. The SMILES string of the molecule is CC(C)c1nc2c([nH]1)COc1cc(-c3ccc4c(ccc5[nH]c(C(C)C)nc54)c3)ccc1-2. The summed E-state index contributed by atoms with van der Waals surface area (Å²) < 4.78 is 6.09. The van der Waals surface area contributed by atoms with Crippen molar-refractivity contribution in [2.75, 3.05) is 0 Å². The van der Waals surface area contributed by atoms with Crippen molar-refractivity contribution in [3.8, 4) is 28.1 Å². The number of fused-ring (bicyclic) bond motifs is 6. The van der Waals surface area contributed by atoms with Crippen LogP contribution in [0.25, 0.3) is 44.2 Å². The molecule has 1 aliphatic heterocycles. The van der Waals surface area contributed by atoms with Gasteiger partial charge in [0.15, 0.2) is 0 Å². The molecule has 0 saturated heterocycles. The fourth-order valence-corrected chi connectivity index (χ4v) is 4.47. The van der Waals surface area contributed by atoms with Crippen molar-refractivity contribution in [3.05, 3.63) is 65.9 Å². The van der Waals surface area contributed by atoms with Gasteiger partial charge in [0.25, 0.3) is 0 Å². The van der Waals surface area contributed by atoms with Gasteiger partial charge >= 0.3 is 0 Å². The molecule has 2 N–H and O–H groups in total. The molecule has 0 bridgehead atoms. The van der Waals surface area contributed by atoms with E-state index in [1.807, 2.05) is 0 Å². The van der Waals surface area contributed by atoms with Gasteiger partial charge in [-0.2, -0.15) is 0 Å². The Labute approximate surface area is 186 Å². The second-order valence-electron chi connectivity index (χ2n) is 9.28. The number of aromatic nitrogens is 4. The van der Waals surface area contributed by atoms with E-state index in [1.54, 1.807) is 0 Å². The van der Waals surface area contributed by atoms with Gasteiger partial charge in [0, 0.05) is 22.8 Å². The molecule has 32 heavy (non-hydrogen) atoms. The van der Waals surface area contributed by atoms with Crippen LogP contribution in [0.15, 0.2) is 48.5 Å². The Balaban J connectivity index is 1.42. The molecule has 0 aliphatic carbocycles. The minimum atomic E-state index is 0.360. The van der Waals surface area contributed by atoms with E-state index in [0.29, 0.717) is 18.4 Å². The lowest BCUT2D eigenvalue weighted by Crippen LogP contribution is -2.05. The molecule has 0 amide bonds. The molecule has 0 unspecified atom stereocenters. The largest absolute Gasteiger partial charge is 0.487 e. The zero-order chi connectivity index (χ0) is 22.0. The van der Waals surface area contributed by atoms with Crippen LogP contribution in [0, 0.1) is 0 Å². The molecule has 2 aromatic heterocycles. The number of ether oxygens (including phenoxy) is 1. The molecule has 0 radical (unpaired) electrons. The van der Waals surface area contributed by atoms with Crippen LogP contribution in [0.5, 0.6) is 5.75 Å². The molecule has 0 atom stereocenters. The van der Waals surface area contributed by atoms with Crippen molar-refractivity contribution in [3.63, 3.8) is 0 Å². The number of aromatic amines is 2. The smallest absolute Gasteiger partial charge is 0.130 e. The number of hydrogen-bond acceptors (Lipinski definition) is 3. The second-order valence-corrected chi connectivity index (χ2v) is 9.28. The molecule has 5 heteroatoms. The van der Waals surface area contributed by atoms with E-state index in [9.17, 15) is 0 Å². The highest BCUT2D eigenvalue weighted by Gasteiger charge is 2.23. The van der Waals surface area contributed by atoms with E-state index < -0.39 is 0 Å². The van der Waals surface area contributed by atoms with Crippen LogP contribution in [0.1, 0.15) is 56.9 Å². The highest BCUT2D eigenvalue weighted by atomic mass is 16.5. The summed E-state index contributed by atoms with van der Waals surface area (Å²) in [6.07, 6.45) is 0. The van der Waals surface area contributed by atoms with E-state index in [2.05, 4.69) is 86.2 Å². The number of rotatable bonds is 3. The average molecular weight is 423 g/mol. The topological polar surface area (TPSA) is 66.6 Å². The predicted octanol–water partition coefficient (Wildman–Crippen LogP) is 6.91. The van der Waals surface area contributed by atoms with Crippen LogP contribution in [0.2, 0.25) is 0 Å². The molecule has 5 aromatic rings. The first-order valence-corrected chi connectivity index (χ1v) is 11.3. The van der Waals surface area contributed by atoms with Crippen LogP contribution in [-0.2, 0) is 6.61 Å². The molecule has 3 heterocycles. The van der Waals surface area contributed by atoms with Gasteiger partial charge in [-0.25, -0.2) is 9.97 Å². The summed E-state index contributed by atoms with van der Waals surface area (Å²) in [5.74, 6) is 3.66. The molecule has 160 valence electrons. The number of imidazole rings is 2. The third-order valence-electron chi connectivity index (χ3n) is 6.32. The van der Waals surface area contributed by atoms with Gasteiger partial charge in [0.2, 0.25) is 0 Å². The third kappa shape index (κ3) is 2.92. The fraction of sp³-hybridized carbons (Fsp3) is 0.259. The lowest BCUT2D eigenvalue weighted by molar-refractivity contribution is 0.298. The zero-order valence-electron chi connectivity index (χ0n) is 18.8. The molecule has 6 rings (SSSR count). The van der Waals surface area contributed by atoms with Crippen molar-refractivity contribution in [1.82, 2.24) is 19.9 Å². The van der Waals surface area contributed by atoms with Crippen molar-refractivity contribution in [2.24, 2.45) is 0 Å². The van der Waals surface area contributed by atoms with E-state index in [4.69, 9.17) is 14.7 Å². The van der Waals surface area contributed by atoms with Gasteiger partial charge in [-0.3, -0.25) is 0 Å². The lowest BCUT2D eigenvalue weighted by atomic mass is 9.97. The Kier molecular flexibility index (Phi) is 4.15. The first kappa shape index (κ1) is 19.1. The Hall–Kier alpha value is -3.60. The number of benzene rings is 3. The predicted molar refractivity (Wildman–Crippen MR) is 129 cm³/mol. The zero-order valence-corrected chi connectivity index (χ0v) is 18.8. The number of nitrogens with zero attached hydrogens (tertiary/aromatic N) is 2. The van der Waals surface area contributed by atoms with Crippen LogP contribution in [0.3, 0.4) is 0 Å². The molecule has 5 nitrogen and oxygen atoms in total. The highest BCUT2D eigenvalue weighted by Crippen LogP contribution is 2.40.